The highest BCUT2D eigenvalue weighted by molar-refractivity contribution is 6.03. The van der Waals surface area contributed by atoms with Crippen molar-refractivity contribution in [3.05, 3.63) is 71.8 Å². The lowest BCUT2D eigenvalue weighted by Crippen LogP contribution is -2.56. The van der Waals surface area contributed by atoms with Crippen molar-refractivity contribution in [2.24, 2.45) is 0 Å². The second-order valence-electron chi connectivity index (χ2n) is 6.52. The number of aliphatic hydroxyl groups excluding tert-OH is 1. The Morgan fingerprint density at radius 3 is 2.33 bits per heavy atom. The summed E-state index contributed by atoms with van der Waals surface area (Å²) in [6.45, 7) is 1.87. The van der Waals surface area contributed by atoms with E-state index in [0.717, 1.165) is 5.56 Å². The lowest BCUT2D eigenvalue weighted by atomic mass is 9.86. The third kappa shape index (κ3) is 3.64. The maximum Gasteiger partial charge on any atom is 0.344 e. The fourth-order valence-electron chi connectivity index (χ4n) is 3.24. The van der Waals surface area contributed by atoms with Gasteiger partial charge in [-0.2, -0.15) is 0 Å². The van der Waals surface area contributed by atoms with Gasteiger partial charge in [0.1, 0.15) is 12.2 Å². The van der Waals surface area contributed by atoms with Crippen LogP contribution in [0.15, 0.2) is 60.7 Å². The van der Waals surface area contributed by atoms with Gasteiger partial charge in [-0.15, -0.1) is 0 Å². The number of ketones is 1. The second kappa shape index (κ2) is 8.00. The first-order chi connectivity index (χ1) is 13.0. The number of aliphatic hydroxyl groups is 2. The Labute approximate surface area is 157 Å². The average molecular weight is 370 g/mol. The lowest BCUT2D eigenvalue weighted by molar-refractivity contribution is -0.179. The van der Waals surface area contributed by atoms with Gasteiger partial charge in [0.2, 0.25) is 11.4 Å². The summed E-state index contributed by atoms with van der Waals surface area (Å²) in [5, 5.41) is 21.5. The van der Waals surface area contributed by atoms with Crippen molar-refractivity contribution in [2.75, 3.05) is 0 Å². The molecule has 0 radical (unpaired) electrons. The molecule has 0 aliphatic carbocycles. The van der Waals surface area contributed by atoms with Crippen LogP contribution in [0.3, 0.4) is 0 Å². The van der Waals surface area contributed by atoms with E-state index in [-0.39, 0.29) is 18.6 Å². The minimum Gasteiger partial charge on any atom is -0.449 e. The summed E-state index contributed by atoms with van der Waals surface area (Å²) in [7, 11) is 0. The molecule has 0 spiro atoms. The van der Waals surface area contributed by atoms with E-state index < -0.39 is 35.7 Å². The molecule has 1 saturated heterocycles. The Hall–Kier alpha value is -2.54. The summed E-state index contributed by atoms with van der Waals surface area (Å²) in [6.07, 6.45) is -3.96. The normalized spacial score (nSPS) is 25.8. The van der Waals surface area contributed by atoms with E-state index in [9.17, 15) is 19.8 Å². The minimum absolute atomic E-state index is 0.152. The van der Waals surface area contributed by atoms with E-state index in [4.69, 9.17) is 9.47 Å². The quantitative estimate of drug-likeness (QED) is 0.571. The molecule has 6 heteroatoms. The van der Waals surface area contributed by atoms with Gasteiger partial charge in [0.05, 0.1) is 6.61 Å². The van der Waals surface area contributed by atoms with Crippen molar-refractivity contribution >= 4 is 11.8 Å². The standard InChI is InChI=1S/C21H22O6/c1-2-16(26-13-14-9-5-3-6-10-14)21(25)19(23)18(27-20(21)24)17(22)15-11-7-4-8-12-15/h3-12,16,18-19,23,25H,2,13H2,1H3/t16-,18-,19+,21-/m1/s1. The van der Waals surface area contributed by atoms with Gasteiger partial charge in [-0.3, -0.25) is 4.79 Å². The maximum absolute atomic E-state index is 12.6. The Morgan fingerprint density at radius 1 is 1.15 bits per heavy atom. The number of rotatable bonds is 7. The Kier molecular flexibility index (Phi) is 5.70. The minimum atomic E-state index is -2.31. The smallest absolute Gasteiger partial charge is 0.344 e. The third-order valence-corrected chi connectivity index (χ3v) is 4.77. The zero-order chi connectivity index (χ0) is 19.4. The molecule has 1 aliphatic rings. The first-order valence-electron chi connectivity index (χ1n) is 8.84. The van der Waals surface area contributed by atoms with Crippen LogP contribution in [-0.2, 0) is 20.9 Å². The summed E-state index contributed by atoms with van der Waals surface area (Å²) >= 11 is 0. The summed E-state index contributed by atoms with van der Waals surface area (Å²) in [5.41, 5.74) is -1.16. The summed E-state index contributed by atoms with van der Waals surface area (Å²) in [5.74, 6) is -1.62. The van der Waals surface area contributed by atoms with Crippen LogP contribution in [0, 0.1) is 0 Å². The number of carbonyl (C=O) groups is 2. The molecule has 0 amide bonds. The van der Waals surface area contributed by atoms with Crippen molar-refractivity contribution in [2.45, 2.75) is 43.9 Å². The molecule has 142 valence electrons. The monoisotopic (exact) mass is 370 g/mol. The van der Waals surface area contributed by atoms with E-state index in [1.807, 2.05) is 30.3 Å². The topological polar surface area (TPSA) is 93.1 Å². The van der Waals surface area contributed by atoms with Crippen molar-refractivity contribution in [3.63, 3.8) is 0 Å². The molecular weight excluding hydrogens is 348 g/mol. The van der Waals surface area contributed by atoms with E-state index >= 15 is 0 Å². The van der Waals surface area contributed by atoms with Crippen LogP contribution in [0.2, 0.25) is 0 Å². The first kappa shape index (κ1) is 19.2. The summed E-state index contributed by atoms with van der Waals surface area (Å²) in [6, 6.07) is 17.5. The molecule has 3 rings (SSSR count). The molecule has 1 heterocycles. The molecule has 0 aromatic heterocycles. The molecule has 0 unspecified atom stereocenters. The fraction of sp³-hybridized carbons (Fsp3) is 0.333. The van der Waals surface area contributed by atoms with Crippen molar-refractivity contribution in [1.29, 1.82) is 0 Å². The van der Waals surface area contributed by atoms with E-state index in [1.165, 1.54) is 0 Å². The van der Waals surface area contributed by atoms with Crippen molar-refractivity contribution in [3.8, 4) is 0 Å². The molecule has 6 nitrogen and oxygen atoms in total. The molecule has 1 fully saturated rings. The van der Waals surface area contributed by atoms with E-state index in [1.54, 1.807) is 37.3 Å². The van der Waals surface area contributed by atoms with Crippen LogP contribution in [0.5, 0.6) is 0 Å². The third-order valence-electron chi connectivity index (χ3n) is 4.77. The van der Waals surface area contributed by atoms with Gasteiger partial charge >= 0.3 is 5.97 Å². The zero-order valence-corrected chi connectivity index (χ0v) is 14.9. The number of ether oxygens (including phenoxy) is 2. The predicted molar refractivity (Wildman–Crippen MR) is 96.9 cm³/mol. The number of cyclic esters (lactones) is 1. The second-order valence-corrected chi connectivity index (χ2v) is 6.52. The van der Waals surface area contributed by atoms with Crippen LogP contribution in [0.4, 0.5) is 0 Å². The number of benzene rings is 2. The molecule has 0 saturated carbocycles. The number of Topliss-reactive ketones (excluding diaryl/α,β-unsaturated/α-hetero) is 1. The van der Waals surface area contributed by atoms with Gasteiger partial charge in [0.25, 0.3) is 0 Å². The van der Waals surface area contributed by atoms with Crippen LogP contribution in [0.1, 0.15) is 29.3 Å². The number of hydrogen-bond donors (Lipinski definition) is 2. The van der Waals surface area contributed by atoms with Gasteiger partial charge in [0, 0.05) is 5.56 Å². The van der Waals surface area contributed by atoms with Gasteiger partial charge in [-0.1, -0.05) is 67.6 Å². The summed E-state index contributed by atoms with van der Waals surface area (Å²) in [4.78, 5) is 25.0. The average Bonchev–Trinajstić information content (AvgIpc) is 2.94. The van der Waals surface area contributed by atoms with Crippen LogP contribution in [0.25, 0.3) is 0 Å². The van der Waals surface area contributed by atoms with Gasteiger partial charge < -0.3 is 19.7 Å². The van der Waals surface area contributed by atoms with Gasteiger partial charge in [0.15, 0.2) is 6.10 Å². The first-order valence-corrected chi connectivity index (χ1v) is 8.84. The largest absolute Gasteiger partial charge is 0.449 e. The molecule has 27 heavy (non-hydrogen) atoms. The molecule has 0 bridgehead atoms. The fourth-order valence-corrected chi connectivity index (χ4v) is 3.24. The molecule has 2 N–H and O–H groups in total. The highest BCUT2D eigenvalue weighted by atomic mass is 16.6. The maximum atomic E-state index is 12.6. The van der Waals surface area contributed by atoms with Crippen molar-refractivity contribution in [1.82, 2.24) is 0 Å². The van der Waals surface area contributed by atoms with E-state index in [0.29, 0.717) is 0 Å². The van der Waals surface area contributed by atoms with Crippen LogP contribution >= 0.6 is 0 Å². The lowest BCUT2D eigenvalue weighted by Gasteiger charge is -2.31. The highest BCUT2D eigenvalue weighted by Gasteiger charge is 2.62. The Morgan fingerprint density at radius 2 is 1.74 bits per heavy atom. The molecular formula is C21H22O6. The summed E-state index contributed by atoms with van der Waals surface area (Å²) < 4.78 is 10.8. The molecule has 4 atom stereocenters. The van der Waals surface area contributed by atoms with Gasteiger partial charge in [-0.25, -0.2) is 4.79 Å². The zero-order valence-electron chi connectivity index (χ0n) is 14.9. The van der Waals surface area contributed by atoms with Gasteiger partial charge in [-0.05, 0) is 12.0 Å². The van der Waals surface area contributed by atoms with E-state index in [2.05, 4.69) is 0 Å². The highest BCUT2D eigenvalue weighted by Crippen LogP contribution is 2.34. The number of esters is 1. The molecule has 2 aromatic carbocycles. The van der Waals surface area contributed by atoms with Crippen LogP contribution < -0.4 is 0 Å². The SMILES string of the molecule is CC[C@@H](OCc1ccccc1)[C@]1(O)C(=O)O[C@H](C(=O)c2ccccc2)[C@@H]1O. The van der Waals surface area contributed by atoms with Crippen molar-refractivity contribution < 1.29 is 29.3 Å². The Balaban J connectivity index is 1.78. The number of hydrogen-bond acceptors (Lipinski definition) is 6. The Bertz CT molecular complexity index is 791. The predicted octanol–water partition coefficient (Wildman–Crippen LogP) is 1.88. The van der Waals surface area contributed by atoms with Crippen LogP contribution in [-0.4, -0.2) is 45.9 Å². The molecule has 2 aromatic rings. The molecule has 1 aliphatic heterocycles. The number of carbonyl (C=O) groups excluding carboxylic acids is 2.